The molecule has 2 heteroatoms. The molecule has 132 valence electrons. The lowest BCUT2D eigenvalue weighted by Gasteiger charge is -2.22. The minimum atomic E-state index is -0.708. The number of carbonyl (C=O) groups is 1. The lowest BCUT2D eigenvalue weighted by molar-refractivity contribution is -0.142. The van der Waals surface area contributed by atoms with Gasteiger partial charge < -0.3 is 5.11 Å². The predicted octanol–water partition coefficient (Wildman–Crippen LogP) is 6.74. The first-order valence-corrected chi connectivity index (χ1v) is 8.00. The molecular weight excluding hydrogens is 260 g/mol. The molecule has 0 saturated heterocycles. The largest absolute Gasteiger partial charge is 0.481 e. The summed E-state index contributed by atoms with van der Waals surface area (Å²) in [4.78, 5) is 10.1. The molecule has 0 spiro atoms. The van der Waals surface area contributed by atoms with Crippen LogP contribution < -0.4 is 0 Å². The maximum absolute atomic E-state index is 10.1. The van der Waals surface area contributed by atoms with Crippen molar-refractivity contribution in [3.63, 3.8) is 0 Å². The van der Waals surface area contributed by atoms with Crippen LogP contribution in [0.25, 0.3) is 0 Å². The van der Waals surface area contributed by atoms with Crippen LogP contribution in [0.5, 0.6) is 0 Å². The second-order valence-corrected chi connectivity index (χ2v) is 7.69. The Balaban J connectivity index is -0.000000103. The minimum Gasteiger partial charge on any atom is -0.481 e. The third kappa shape index (κ3) is 24.8. The Morgan fingerprint density at radius 2 is 1.19 bits per heavy atom. The fraction of sp³-hybridized carbons (Fsp3) is 0.947. The van der Waals surface area contributed by atoms with Crippen LogP contribution in [0.3, 0.4) is 0 Å². The standard InChI is InChI=1S/C7H16.C6H12O2.C5H12.CH4/c1-6(2)7(3,4)5;1-4(2)5(3)6(7)8;1-4-5(2)3;/h6H,1-5H3;4-5H,1-3H3,(H,7,8);5H,4H2,1-3H3;1H4. The van der Waals surface area contributed by atoms with Crippen molar-refractivity contribution in [3.05, 3.63) is 0 Å². The second kappa shape index (κ2) is 14.4. The van der Waals surface area contributed by atoms with Gasteiger partial charge in [-0.15, -0.1) is 0 Å². The summed E-state index contributed by atoms with van der Waals surface area (Å²) in [5.74, 6) is 1.00. The van der Waals surface area contributed by atoms with E-state index in [-0.39, 0.29) is 19.3 Å². The van der Waals surface area contributed by atoms with E-state index in [0.29, 0.717) is 5.41 Å². The molecule has 0 amide bonds. The molecule has 0 aromatic carbocycles. The monoisotopic (exact) mass is 304 g/mol. The highest BCUT2D eigenvalue weighted by molar-refractivity contribution is 5.69. The van der Waals surface area contributed by atoms with Gasteiger partial charge in [-0.25, -0.2) is 0 Å². The van der Waals surface area contributed by atoms with Crippen LogP contribution >= 0.6 is 0 Å². The third-order valence-corrected chi connectivity index (χ3v) is 3.94. The van der Waals surface area contributed by atoms with E-state index in [4.69, 9.17) is 5.11 Å². The van der Waals surface area contributed by atoms with E-state index in [1.807, 2.05) is 13.8 Å². The van der Waals surface area contributed by atoms with E-state index in [9.17, 15) is 4.79 Å². The quantitative estimate of drug-likeness (QED) is 0.626. The number of carboxylic acid groups (broad SMARTS) is 1. The average Bonchev–Trinajstić information content (AvgIpc) is 2.27. The van der Waals surface area contributed by atoms with Gasteiger partial charge in [0, 0.05) is 0 Å². The zero-order valence-electron chi connectivity index (χ0n) is 15.9. The fourth-order valence-electron chi connectivity index (χ4n) is 0.285. The molecule has 0 aliphatic heterocycles. The molecular formula is C19H44O2. The predicted molar refractivity (Wildman–Crippen MR) is 97.8 cm³/mol. The van der Waals surface area contributed by atoms with Gasteiger partial charge in [-0.3, -0.25) is 4.79 Å². The van der Waals surface area contributed by atoms with Crippen LogP contribution in [0, 0.1) is 29.1 Å². The molecule has 2 nitrogen and oxygen atoms in total. The molecule has 21 heavy (non-hydrogen) atoms. The summed E-state index contributed by atoms with van der Waals surface area (Å²) >= 11 is 0. The zero-order chi connectivity index (χ0) is 17.1. The zero-order valence-corrected chi connectivity index (χ0v) is 15.9. The molecule has 0 rings (SSSR count). The van der Waals surface area contributed by atoms with E-state index in [2.05, 4.69) is 55.4 Å². The van der Waals surface area contributed by atoms with Gasteiger partial charge in [0.15, 0.2) is 0 Å². The molecule has 0 fully saturated rings. The number of carboxylic acids is 1. The highest BCUT2D eigenvalue weighted by Gasteiger charge is 2.14. The summed E-state index contributed by atoms with van der Waals surface area (Å²) < 4.78 is 0. The summed E-state index contributed by atoms with van der Waals surface area (Å²) in [5.41, 5.74) is 0.500. The molecule has 0 bridgehead atoms. The molecule has 0 saturated carbocycles. The molecule has 0 aliphatic rings. The van der Waals surface area contributed by atoms with E-state index in [1.54, 1.807) is 6.92 Å². The third-order valence-electron chi connectivity index (χ3n) is 3.94. The Morgan fingerprint density at radius 3 is 1.19 bits per heavy atom. The molecule has 0 aromatic heterocycles. The first kappa shape index (κ1) is 28.6. The van der Waals surface area contributed by atoms with E-state index >= 15 is 0 Å². The minimum absolute atomic E-state index is 0. The van der Waals surface area contributed by atoms with Crippen LogP contribution in [-0.4, -0.2) is 11.1 Å². The molecule has 0 radical (unpaired) electrons. The van der Waals surface area contributed by atoms with Crippen molar-refractivity contribution in [3.8, 4) is 0 Å². The van der Waals surface area contributed by atoms with Gasteiger partial charge in [-0.05, 0) is 23.2 Å². The first-order valence-electron chi connectivity index (χ1n) is 8.00. The van der Waals surface area contributed by atoms with Gasteiger partial charge in [-0.2, -0.15) is 0 Å². The lowest BCUT2D eigenvalue weighted by Crippen LogP contribution is -2.15. The summed E-state index contributed by atoms with van der Waals surface area (Å²) in [5, 5.41) is 8.35. The van der Waals surface area contributed by atoms with Crippen LogP contribution in [0.2, 0.25) is 0 Å². The highest BCUT2D eigenvalue weighted by Crippen LogP contribution is 2.23. The van der Waals surface area contributed by atoms with E-state index < -0.39 is 5.97 Å². The molecule has 1 unspecified atom stereocenters. The van der Waals surface area contributed by atoms with E-state index in [1.165, 1.54) is 6.42 Å². The number of aliphatic carboxylic acids is 1. The van der Waals surface area contributed by atoms with Gasteiger partial charge in [-0.1, -0.05) is 90.0 Å². The molecule has 0 aliphatic carbocycles. The number of hydrogen-bond donors (Lipinski definition) is 1. The topological polar surface area (TPSA) is 37.3 Å². The van der Waals surface area contributed by atoms with Gasteiger partial charge in [0.2, 0.25) is 0 Å². The first-order chi connectivity index (χ1) is 8.77. The highest BCUT2D eigenvalue weighted by atomic mass is 16.4. The molecule has 1 atom stereocenters. The van der Waals surface area contributed by atoms with Crippen molar-refractivity contribution >= 4 is 5.97 Å². The SMILES string of the molecule is C.CC(C)C(C)(C)C.CC(C)C(C)C(=O)O.CCC(C)C. The summed E-state index contributed by atoms with van der Waals surface area (Å²) in [7, 11) is 0. The van der Waals surface area contributed by atoms with Crippen molar-refractivity contribution in [2.45, 2.75) is 90.0 Å². The Morgan fingerprint density at radius 1 is 0.952 bits per heavy atom. The van der Waals surface area contributed by atoms with E-state index in [0.717, 1.165) is 11.8 Å². The Kier molecular flexibility index (Phi) is 19.6. The van der Waals surface area contributed by atoms with Crippen molar-refractivity contribution < 1.29 is 9.90 Å². The van der Waals surface area contributed by atoms with Crippen molar-refractivity contribution in [2.24, 2.45) is 29.1 Å². The average molecular weight is 305 g/mol. The lowest BCUT2D eigenvalue weighted by atomic mass is 9.84. The van der Waals surface area contributed by atoms with Gasteiger partial charge in [0.1, 0.15) is 0 Å². The van der Waals surface area contributed by atoms with Gasteiger partial charge in [0.25, 0.3) is 0 Å². The summed E-state index contributed by atoms with van der Waals surface area (Å²) in [6.45, 7) is 23.4. The molecule has 0 heterocycles. The van der Waals surface area contributed by atoms with Crippen molar-refractivity contribution in [2.75, 3.05) is 0 Å². The Labute approximate surface area is 135 Å². The maximum Gasteiger partial charge on any atom is 0.306 e. The van der Waals surface area contributed by atoms with Crippen molar-refractivity contribution in [1.29, 1.82) is 0 Å². The normalized spacial score (nSPS) is 11.9. The maximum atomic E-state index is 10.1. The molecule has 0 aromatic rings. The van der Waals surface area contributed by atoms with Crippen LogP contribution in [0.15, 0.2) is 0 Å². The second-order valence-electron chi connectivity index (χ2n) is 7.69. The van der Waals surface area contributed by atoms with Crippen LogP contribution in [0.1, 0.15) is 90.0 Å². The molecule has 1 N–H and O–H groups in total. The van der Waals surface area contributed by atoms with Crippen LogP contribution in [-0.2, 0) is 4.79 Å². The van der Waals surface area contributed by atoms with Gasteiger partial charge >= 0.3 is 5.97 Å². The smallest absolute Gasteiger partial charge is 0.306 e. The Hall–Kier alpha value is -0.530. The number of hydrogen-bond acceptors (Lipinski definition) is 1. The van der Waals surface area contributed by atoms with Crippen LogP contribution in [0.4, 0.5) is 0 Å². The fourth-order valence-corrected chi connectivity index (χ4v) is 0.285. The Bertz CT molecular complexity index is 222. The number of rotatable bonds is 3. The summed E-state index contributed by atoms with van der Waals surface area (Å²) in [6, 6.07) is 0. The van der Waals surface area contributed by atoms with Crippen molar-refractivity contribution in [1.82, 2.24) is 0 Å². The summed E-state index contributed by atoms with van der Waals surface area (Å²) in [6.07, 6.45) is 1.31. The van der Waals surface area contributed by atoms with Gasteiger partial charge in [0.05, 0.1) is 5.92 Å².